The van der Waals surface area contributed by atoms with E-state index in [9.17, 15) is 0 Å². The average molecular weight is 311 g/mol. The SMILES string of the molecule is CCN1CCC[C@@H]1CNC(=S)N1CCO[C@H]2CCCC[C@@H]21. The third-order valence-electron chi connectivity index (χ3n) is 5.39. The third kappa shape index (κ3) is 3.51. The van der Waals surface area contributed by atoms with Gasteiger partial charge >= 0.3 is 0 Å². The summed E-state index contributed by atoms with van der Waals surface area (Å²) in [7, 11) is 0. The Hall–Kier alpha value is -0.390. The highest BCUT2D eigenvalue weighted by Gasteiger charge is 2.35. The fourth-order valence-corrected chi connectivity index (χ4v) is 4.51. The van der Waals surface area contributed by atoms with Gasteiger partial charge in [0.25, 0.3) is 0 Å². The van der Waals surface area contributed by atoms with Crippen LogP contribution in [0.3, 0.4) is 0 Å². The first-order valence-corrected chi connectivity index (χ1v) is 9.10. The first kappa shape index (κ1) is 15.5. The number of hydrogen-bond donors (Lipinski definition) is 1. The molecular weight excluding hydrogens is 282 g/mol. The molecular formula is C16H29N3OS. The van der Waals surface area contributed by atoms with E-state index < -0.39 is 0 Å². The standard InChI is InChI=1S/C16H29N3OS/c1-2-18-9-5-6-13(18)12-17-16(21)19-10-11-20-15-8-4-3-7-14(15)19/h13-15H,2-12H2,1H3,(H,17,21)/t13-,14+,15+/m1/s1. The van der Waals surface area contributed by atoms with Crippen molar-refractivity contribution in [1.29, 1.82) is 0 Å². The lowest BCUT2D eigenvalue weighted by Crippen LogP contribution is -2.58. The second-order valence-electron chi connectivity index (χ2n) is 6.57. The number of likely N-dealkylation sites (N-methyl/N-ethyl adjacent to an activating group) is 1. The summed E-state index contributed by atoms with van der Waals surface area (Å²) in [6.07, 6.45) is 8.10. The fraction of sp³-hybridized carbons (Fsp3) is 0.938. The molecule has 1 aliphatic carbocycles. The molecule has 0 amide bonds. The lowest BCUT2D eigenvalue weighted by molar-refractivity contribution is -0.0639. The van der Waals surface area contributed by atoms with E-state index in [0.717, 1.165) is 31.4 Å². The van der Waals surface area contributed by atoms with Gasteiger partial charge in [0.15, 0.2) is 5.11 Å². The van der Waals surface area contributed by atoms with E-state index in [1.54, 1.807) is 0 Å². The minimum atomic E-state index is 0.408. The summed E-state index contributed by atoms with van der Waals surface area (Å²) in [5.41, 5.74) is 0. The quantitative estimate of drug-likeness (QED) is 0.805. The molecule has 2 heterocycles. The Balaban J connectivity index is 1.52. The molecule has 0 aromatic rings. The van der Waals surface area contributed by atoms with Crippen LogP contribution in [0.5, 0.6) is 0 Å². The molecule has 0 unspecified atom stereocenters. The number of thiocarbonyl (C=S) groups is 1. The Labute approximate surface area is 134 Å². The van der Waals surface area contributed by atoms with Crippen LogP contribution in [0.15, 0.2) is 0 Å². The first-order valence-electron chi connectivity index (χ1n) is 8.69. The van der Waals surface area contributed by atoms with E-state index in [1.165, 1.54) is 45.1 Å². The van der Waals surface area contributed by atoms with Crippen LogP contribution in [0, 0.1) is 0 Å². The summed E-state index contributed by atoms with van der Waals surface area (Å²) in [5, 5.41) is 4.51. The van der Waals surface area contributed by atoms with Crippen LogP contribution in [-0.2, 0) is 4.74 Å². The number of ether oxygens (including phenoxy) is 1. The number of rotatable bonds is 3. The zero-order valence-corrected chi connectivity index (χ0v) is 14.0. The molecule has 0 bridgehead atoms. The van der Waals surface area contributed by atoms with Crippen molar-refractivity contribution in [3.8, 4) is 0 Å². The summed E-state index contributed by atoms with van der Waals surface area (Å²) in [5.74, 6) is 0. The number of hydrogen-bond acceptors (Lipinski definition) is 3. The molecule has 21 heavy (non-hydrogen) atoms. The molecule has 4 nitrogen and oxygen atoms in total. The van der Waals surface area contributed by atoms with Crippen molar-refractivity contribution in [3.05, 3.63) is 0 Å². The van der Waals surface area contributed by atoms with Crippen LogP contribution in [0.2, 0.25) is 0 Å². The Morgan fingerprint density at radius 3 is 2.90 bits per heavy atom. The van der Waals surface area contributed by atoms with Gasteiger partial charge in [-0.25, -0.2) is 0 Å². The average Bonchev–Trinajstić information content (AvgIpc) is 2.99. The van der Waals surface area contributed by atoms with E-state index in [0.29, 0.717) is 18.2 Å². The molecule has 3 fully saturated rings. The third-order valence-corrected chi connectivity index (χ3v) is 5.77. The van der Waals surface area contributed by atoms with Crippen LogP contribution < -0.4 is 5.32 Å². The minimum absolute atomic E-state index is 0.408. The van der Waals surface area contributed by atoms with Crippen molar-refractivity contribution >= 4 is 17.3 Å². The summed E-state index contributed by atoms with van der Waals surface area (Å²) in [6, 6.07) is 1.18. The topological polar surface area (TPSA) is 27.7 Å². The molecule has 3 aliphatic rings. The summed E-state index contributed by atoms with van der Waals surface area (Å²) >= 11 is 5.69. The second-order valence-corrected chi connectivity index (χ2v) is 6.95. The van der Waals surface area contributed by atoms with Gasteiger partial charge in [-0.15, -0.1) is 0 Å². The first-order chi connectivity index (χ1) is 10.3. The van der Waals surface area contributed by atoms with E-state index in [-0.39, 0.29) is 0 Å². The number of fused-ring (bicyclic) bond motifs is 1. The van der Waals surface area contributed by atoms with E-state index in [2.05, 4.69) is 22.0 Å². The Kier molecular flexibility index (Phi) is 5.35. The maximum Gasteiger partial charge on any atom is 0.169 e. The van der Waals surface area contributed by atoms with Crippen molar-refractivity contribution in [1.82, 2.24) is 15.1 Å². The lowest BCUT2D eigenvalue weighted by Gasteiger charge is -2.45. The molecule has 3 atom stereocenters. The molecule has 0 spiro atoms. The number of likely N-dealkylation sites (tertiary alicyclic amines) is 1. The van der Waals surface area contributed by atoms with Crippen LogP contribution in [0.1, 0.15) is 45.4 Å². The fourth-order valence-electron chi connectivity index (χ4n) is 4.20. The highest BCUT2D eigenvalue weighted by atomic mass is 32.1. The Bertz CT molecular complexity index is 363. The van der Waals surface area contributed by atoms with Crippen molar-refractivity contribution in [2.24, 2.45) is 0 Å². The molecule has 0 aromatic heterocycles. The van der Waals surface area contributed by atoms with Gasteiger partial charge in [0.05, 0.1) is 18.8 Å². The van der Waals surface area contributed by atoms with E-state index >= 15 is 0 Å². The van der Waals surface area contributed by atoms with Gasteiger partial charge in [-0.3, -0.25) is 4.90 Å². The molecule has 3 rings (SSSR count). The van der Waals surface area contributed by atoms with Gasteiger partial charge in [-0.1, -0.05) is 19.8 Å². The van der Waals surface area contributed by atoms with E-state index in [4.69, 9.17) is 17.0 Å². The van der Waals surface area contributed by atoms with Gasteiger partial charge in [0.1, 0.15) is 0 Å². The molecule has 2 aliphatic heterocycles. The van der Waals surface area contributed by atoms with Crippen molar-refractivity contribution < 1.29 is 4.74 Å². The zero-order chi connectivity index (χ0) is 14.7. The van der Waals surface area contributed by atoms with Gasteiger partial charge in [0, 0.05) is 19.1 Å². The molecule has 1 saturated carbocycles. The Morgan fingerprint density at radius 2 is 2.05 bits per heavy atom. The van der Waals surface area contributed by atoms with Gasteiger partial charge in [-0.05, 0) is 51.0 Å². The Morgan fingerprint density at radius 1 is 1.19 bits per heavy atom. The molecule has 5 heteroatoms. The van der Waals surface area contributed by atoms with Gasteiger partial charge < -0.3 is 15.0 Å². The molecule has 1 N–H and O–H groups in total. The predicted molar refractivity (Wildman–Crippen MR) is 89.6 cm³/mol. The molecule has 2 saturated heterocycles. The minimum Gasteiger partial charge on any atom is -0.374 e. The molecule has 0 radical (unpaired) electrons. The highest BCUT2D eigenvalue weighted by molar-refractivity contribution is 7.80. The summed E-state index contributed by atoms with van der Waals surface area (Å²) < 4.78 is 5.94. The molecule has 120 valence electrons. The second kappa shape index (κ2) is 7.25. The predicted octanol–water partition coefficient (Wildman–Crippen LogP) is 1.99. The van der Waals surface area contributed by atoms with Crippen molar-refractivity contribution in [3.63, 3.8) is 0 Å². The van der Waals surface area contributed by atoms with Crippen LogP contribution in [0.4, 0.5) is 0 Å². The monoisotopic (exact) mass is 311 g/mol. The molecule has 0 aromatic carbocycles. The van der Waals surface area contributed by atoms with Crippen LogP contribution in [-0.4, -0.2) is 65.9 Å². The van der Waals surface area contributed by atoms with Gasteiger partial charge in [0.2, 0.25) is 0 Å². The summed E-state index contributed by atoms with van der Waals surface area (Å²) in [4.78, 5) is 4.98. The maximum atomic E-state index is 5.94. The number of nitrogens with zero attached hydrogens (tertiary/aromatic N) is 2. The highest BCUT2D eigenvalue weighted by Crippen LogP contribution is 2.28. The van der Waals surface area contributed by atoms with Crippen LogP contribution >= 0.6 is 12.2 Å². The smallest absolute Gasteiger partial charge is 0.169 e. The number of nitrogens with one attached hydrogen (secondary N) is 1. The summed E-state index contributed by atoms with van der Waals surface area (Å²) in [6.45, 7) is 7.44. The van der Waals surface area contributed by atoms with E-state index in [1.807, 2.05) is 0 Å². The normalized spacial score (nSPS) is 33.8. The van der Waals surface area contributed by atoms with Crippen molar-refractivity contribution in [2.75, 3.05) is 32.8 Å². The lowest BCUT2D eigenvalue weighted by atomic mass is 9.90. The largest absolute Gasteiger partial charge is 0.374 e. The zero-order valence-electron chi connectivity index (χ0n) is 13.2. The van der Waals surface area contributed by atoms with Crippen molar-refractivity contribution in [2.45, 2.75) is 63.6 Å². The number of morpholine rings is 1. The van der Waals surface area contributed by atoms with Gasteiger partial charge in [-0.2, -0.15) is 0 Å². The van der Waals surface area contributed by atoms with Crippen LogP contribution in [0.25, 0.3) is 0 Å². The maximum absolute atomic E-state index is 5.94.